The first-order valence-electron chi connectivity index (χ1n) is 16.1. The molecule has 3 unspecified atom stereocenters. The molecule has 8 atom stereocenters. The fraction of sp³-hybridized carbons (Fsp3) is 0.559. The predicted molar refractivity (Wildman–Crippen MR) is 184 cm³/mol. The molecule has 2 aromatic carbocycles. The van der Waals surface area contributed by atoms with Gasteiger partial charge in [0.1, 0.15) is 11.8 Å². The number of nitrogens with one attached hydrogen (secondary N) is 2. The second-order valence-corrected chi connectivity index (χ2v) is 14.9. The molecule has 3 amide bonds. The zero-order valence-corrected chi connectivity index (χ0v) is 29.1. The number of fused-ring (bicyclic) bond motifs is 1. The molecule has 1 spiro atoms. The molecule has 0 radical (unpaired) electrons. The molecule has 0 aromatic heterocycles. The van der Waals surface area contributed by atoms with E-state index in [9.17, 15) is 19.5 Å². The van der Waals surface area contributed by atoms with Crippen LogP contribution in [-0.2, 0) is 14.4 Å². The van der Waals surface area contributed by atoms with Crippen LogP contribution in [0.15, 0.2) is 48.5 Å². The molecule has 3 saturated heterocycles. The fourth-order valence-electron chi connectivity index (χ4n) is 7.42. The summed E-state index contributed by atoms with van der Waals surface area (Å²) in [5, 5.41) is 16.6. The Bertz CT molecular complexity index is 1370. The lowest BCUT2D eigenvalue weighted by Gasteiger charge is -2.39. The topological polar surface area (TPSA) is 111 Å². The highest BCUT2D eigenvalue weighted by atomic mass is 79.9. The summed E-state index contributed by atoms with van der Waals surface area (Å²) >= 11 is 5.42. The maximum absolute atomic E-state index is 14.5. The van der Waals surface area contributed by atoms with Gasteiger partial charge >= 0.3 is 0 Å². The van der Waals surface area contributed by atoms with Crippen LogP contribution >= 0.6 is 27.7 Å². The molecule has 45 heavy (non-hydrogen) atoms. The molecule has 5 rings (SSSR count). The number of aliphatic hydroxyl groups is 1. The second-order valence-electron chi connectivity index (χ2n) is 12.2. The predicted octanol–water partition coefficient (Wildman–Crippen LogP) is 5.38. The maximum Gasteiger partial charge on any atom is 0.248 e. The van der Waals surface area contributed by atoms with Gasteiger partial charge in [0.05, 0.1) is 35.8 Å². The van der Waals surface area contributed by atoms with E-state index in [0.29, 0.717) is 30.2 Å². The van der Waals surface area contributed by atoms with Crippen LogP contribution in [0, 0.1) is 17.8 Å². The number of hydrogen-bond donors (Lipinski definition) is 3. The number of likely N-dealkylation sites (tertiary alicyclic amines) is 1. The summed E-state index contributed by atoms with van der Waals surface area (Å²) < 4.78 is 4.72. The van der Waals surface area contributed by atoms with Crippen LogP contribution in [0.25, 0.3) is 0 Å². The average molecular weight is 702 g/mol. The van der Waals surface area contributed by atoms with E-state index in [1.807, 2.05) is 45.0 Å². The van der Waals surface area contributed by atoms with Crippen LogP contribution < -0.4 is 20.3 Å². The number of alkyl halides is 1. The van der Waals surface area contributed by atoms with Crippen molar-refractivity contribution in [1.29, 1.82) is 0 Å². The van der Waals surface area contributed by atoms with Crippen molar-refractivity contribution < 1.29 is 24.2 Å². The van der Waals surface area contributed by atoms with Crippen LogP contribution in [0.1, 0.15) is 47.5 Å². The van der Waals surface area contributed by atoms with Gasteiger partial charge in [0, 0.05) is 40.2 Å². The van der Waals surface area contributed by atoms with Crippen molar-refractivity contribution in [3.8, 4) is 5.75 Å². The van der Waals surface area contributed by atoms with Crippen molar-refractivity contribution in [2.45, 2.75) is 74.4 Å². The summed E-state index contributed by atoms with van der Waals surface area (Å²) in [7, 11) is 0. The van der Waals surface area contributed by atoms with Crippen LogP contribution in [-0.4, -0.2) is 80.9 Å². The van der Waals surface area contributed by atoms with E-state index in [4.69, 9.17) is 4.74 Å². The molecule has 2 aromatic rings. The van der Waals surface area contributed by atoms with E-state index in [0.717, 1.165) is 25.2 Å². The summed E-state index contributed by atoms with van der Waals surface area (Å²) in [6, 6.07) is 13.6. The molecule has 0 aliphatic carbocycles. The zero-order chi connectivity index (χ0) is 32.5. The fourth-order valence-corrected chi connectivity index (χ4v) is 11.0. The number of carbonyl (C=O) groups is 3. The van der Waals surface area contributed by atoms with Crippen molar-refractivity contribution in [2.75, 3.05) is 41.8 Å². The summed E-state index contributed by atoms with van der Waals surface area (Å²) in [4.78, 5) is 46.7. The molecule has 3 aliphatic heterocycles. The smallest absolute Gasteiger partial charge is 0.248 e. The highest BCUT2D eigenvalue weighted by Gasteiger charge is 2.76. The molecule has 2 bridgehead atoms. The number of amides is 3. The maximum atomic E-state index is 14.5. The number of aliphatic hydroxyl groups excluding tert-OH is 1. The van der Waals surface area contributed by atoms with Crippen molar-refractivity contribution >= 4 is 62.5 Å². The van der Waals surface area contributed by atoms with Gasteiger partial charge in [-0.1, -0.05) is 36.2 Å². The summed E-state index contributed by atoms with van der Waals surface area (Å²) in [5.41, 5.74) is 2.33. The molecule has 9 nitrogen and oxygen atoms in total. The Morgan fingerprint density at radius 1 is 1.04 bits per heavy atom. The molecule has 11 heteroatoms. The van der Waals surface area contributed by atoms with E-state index in [-0.39, 0.29) is 40.3 Å². The highest BCUT2D eigenvalue weighted by molar-refractivity contribution is 9.09. The molecule has 0 saturated carbocycles. The van der Waals surface area contributed by atoms with E-state index in [1.165, 1.54) is 0 Å². The third kappa shape index (κ3) is 6.07. The molecule has 3 fully saturated rings. The summed E-state index contributed by atoms with van der Waals surface area (Å²) in [6.45, 7) is 12.2. The lowest BCUT2D eigenvalue weighted by atomic mass is 9.70. The first kappa shape index (κ1) is 33.6. The SMILES string of the molecule is CCOc1ccc(NC(=O)[C@H]2[C@H]3C(=O)N([C@@H](CO)[C@@H](C)CC)C(C(=O)Nc4ccc(N(CC)CC)cc4)C34CC(Br)[C@@H]2S4)cc1. The van der Waals surface area contributed by atoms with Crippen molar-refractivity contribution in [3.05, 3.63) is 48.5 Å². The number of halogens is 1. The minimum absolute atomic E-state index is 0.0454. The van der Waals surface area contributed by atoms with Gasteiger partial charge in [-0.3, -0.25) is 14.4 Å². The lowest BCUT2D eigenvalue weighted by molar-refractivity contribution is -0.142. The standard InChI is InChI=1S/C34H45BrN4O5S/c1-6-20(5)26(19-40)39-30(32(42)37-21-10-14-23(15-11-21)38(7-2)8-3)34-18-25(35)29(45-34)27(28(34)33(39)43)31(41)36-22-12-16-24(17-13-22)44-9-4/h10-17,20,25-30,40H,6-9,18-19H2,1-5H3,(H,36,41)(H,37,42)/t20-,25?,26-,27-,28-,29-,30?,34?/m0/s1. The van der Waals surface area contributed by atoms with E-state index < -0.39 is 28.7 Å². The second kappa shape index (κ2) is 13.9. The van der Waals surface area contributed by atoms with Crippen LogP contribution in [0.5, 0.6) is 5.75 Å². The van der Waals surface area contributed by atoms with Gasteiger partial charge in [-0.25, -0.2) is 0 Å². The molecule has 244 valence electrons. The number of nitrogens with zero attached hydrogens (tertiary/aromatic N) is 2. The molecular weight excluding hydrogens is 656 g/mol. The normalized spacial score (nSPS) is 28.0. The largest absolute Gasteiger partial charge is 0.494 e. The highest BCUT2D eigenvalue weighted by Crippen LogP contribution is 2.68. The number of hydrogen-bond acceptors (Lipinski definition) is 7. The van der Waals surface area contributed by atoms with Gasteiger partial charge in [0.2, 0.25) is 17.7 Å². The van der Waals surface area contributed by atoms with Gasteiger partial charge < -0.3 is 30.3 Å². The Kier molecular flexibility index (Phi) is 10.4. The van der Waals surface area contributed by atoms with E-state index >= 15 is 0 Å². The van der Waals surface area contributed by atoms with Gasteiger partial charge in [0.15, 0.2) is 0 Å². The van der Waals surface area contributed by atoms with Crippen molar-refractivity contribution in [2.24, 2.45) is 17.8 Å². The van der Waals surface area contributed by atoms with Gasteiger partial charge in [-0.15, -0.1) is 11.8 Å². The Labute approximate surface area is 279 Å². The number of ether oxygens (including phenoxy) is 1. The summed E-state index contributed by atoms with van der Waals surface area (Å²) in [6.07, 6.45) is 1.30. The first-order chi connectivity index (χ1) is 21.6. The average Bonchev–Trinajstić information content (AvgIpc) is 3.63. The minimum Gasteiger partial charge on any atom is -0.494 e. The third-order valence-electron chi connectivity index (χ3n) is 9.82. The van der Waals surface area contributed by atoms with Gasteiger partial charge in [-0.2, -0.15) is 0 Å². The van der Waals surface area contributed by atoms with Crippen LogP contribution in [0.2, 0.25) is 0 Å². The van der Waals surface area contributed by atoms with Crippen LogP contribution in [0.4, 0.5) is 17.1 Å². The summed E-state index contributed by atoms with van der Waals surface area (Å²) in [5.74, 6) is -1.42. The van der Waals surface area contributed by atoms with Crippen molar-refractivity contribution in [1.82, 2.24) is 4.90 Å². The molecule has 3 heterocycles. The third-order valence-corrected chi connectivity index (χ3v) is 13.0. The minimum atomic E-state index is -0.845. The molecule has 3 aliphatic rings. The Morgan fingerprint density at radius 3 is 2.20 bits per heavy atom. The zero-order valence-electron chi connectivity index (χ0n) is 26.7. The number of anilines is 3. The Hall–Kier alpha value is -2.76. The number of carbonyl (C=O) groups excluding carboxylic acids is 3. The monoisotopic (exact) mass is 700 g/mol. The Morgan fingerprint density at radius 2 is 1.64 bits per heavy atom. The van der Waals surface area contributed by atoms with E-state index in [1.54, 1.807) is 40.9 Å². The van der Waals surface area contributed by atoms with Crippen LogP contribution in [0.3, 0.4) is 0 Å². The number of benzene rings is 2. The quantitative estimate of drug-likeness (QED) is 0.241. The van der Waals surface area contributed by atoms with E-state index in [2.05, 4.69) is 45.3 Å². The molecule has 3 N–H and O–H groups in total. The van der Waals surface area contributed by atoms with Gasteiger partial charge in [-0.05, 0) is 81.6 Å². The first-order valence-corrected chi connectivity index (χ1v) is 17.9. The Balaban J connectivity index is 1.48. The number of thioether (sulfide) groups is 1. The number of rotatable bonds is 13. The molecular formula is C34H45BrN4O5S. The lowest BCUT2D eigenvalue weighted by Crippen LogP contribution is -2.56. The van der Waals surface area contributed by atoms with Crippen molar-refractivity contribution in [3.63, 3.8) is 0 Å². The van der Waals surface area contributed by atoms with Gasteiger partial charge in [0.25, 0.3) is 0 Å².